The van der Waals surface area contributed by atoms with Gasteiger partial charge in [-0.25, -0.2) is 4.98 Å². The largest absolute Gasteiger partial charge is 0.293 e. The fourth-order valence-electron chi connectivity index (χ4n) is 2.34. The molecular weight excluding hydrogens is 378 g/mol. The molecule has 4 aromatic rings. The summed E-state index contributed by atoms with van der Waals surface area (Å²) in [4.78, 5) is 29.7. The maximum atomic E-state index is 12.5. The second kappa shape index (κ2) is 6.59. The predicted molar refractivity (Wildman–Crippen MR) is 101 cm³/mol. The van der Waals surface area contributed by atoms with E-state index < -0.39 is 0 Å². The van der Waals surface area contributed by atoms with Crippen LogP contribution >= 0.6 is 34.7 Å². The SMILES string of the molecule is O=C(CSc1nn2c(=O)c3ccccc3nc2s1)c1ccc(Cl)cc1. The lowest BCUT2D eigenvalue weighted by atomic mass is 10.1. The number of hydrogen-bond donors (Lipinski definition) is 0. The molecule has 0 amide bonds. The van der Waals surface area contributed by atoms with Crippen LogP contribution in [0.1, 0.15) is 10.4 Å². The van der Waals surface area contributed by atoms with Crippen molar-refractivity contribution >= 4 is 56.3 Å². The number of Topliss-reactive ketones (excluding diaryl/α,β-unsaturated/α-hetero) is 1. The molecule has 0 radical (unpaired) electrons. The molecule has 5 nitrogen and oxygen atoms in total. The highest BCUT2D eigenvalue weighted by molar-refractivity contribution is 8.01. The third-order valence-electron chi connectivity index (χ3n) is 3.58. The van der Waals surface area contributed by atoms with Crippen LogP contribution in [0, 0.1) is 0 Å². The first-order chi connectivity index (χ1) is 12.1. The first kappa shape index (κ1) is 16.3. The van der Waals surface area contributed by atoms with Crippen LogP contribution in [0.3, 0.4) is 0 Å². The van der Waals surface area contributed by atoms with Gasteiger partial charge in [0.05, 0.1) is 16.7 Å². The monoisotopic (exact) mass is 387 g/mol. The molecule has 0 bridgehead atoms. The Morgan fingerprint density at radius 1 is 1.16 bits per heavy atom. The molecule has 0 unspecified atom stereocenters. The van der Waals surface area contributed by atoms with Crippen LogP contribution in [0.4, 0.5) is 0 Å². The molecule has 0 aliphatic heterocycles. The summed E-state index contributed by atoms with van der Waals surface area (Å²) in [6.07, 6.45) is 0. The summed E-state index contributed by atoms with van der Waals surface area (Å²) in [5, 5.41) is 5.41. The van der Waals surface area contributed by atoms with Crippen LogP contribution in [0.15, 0.2) is 57.7 Å². The zero-order valence-electron chi connectivity index (χ0n) is 12.7. The molecule has 4 rings (SSSR count). The van der Waals surface area contributed by atoms with Crippen molar-refractivity contribution in [3.05, 3.63) is 69.5 Å². The minimum absolute atomic E-state index is 0.0219. The number of carbonyl (C=O) groups is 1. The van der Waals surface area contributed by atoms with Crippen LogP contribution in [0.25, 0.3) is 15.9 Å². The van der Waals surface area contributed by atoms with E-state index in [1.807, 2.05) is 6.07 Å². The molecule has 2 aromatic heterocycles. The highest BCUT2D eigenvalue weighted by Gasteiger charge is 2.13. The molecule has 0 fully saturated rings. The quantitative estimate of drug-likeness (QED) is 0.392. The van der Waals surface area contributed by atoms with E-state index in [2.05, 4.69) is 10.1 Å². The number of benzene rings is 2. The standard InChI is InChI=1S/C17H10ClN3O2S2/c18-11-7-5-10(6-8-11)14(22)9-24-17-20-21-15(23)12-3-1-2-4-13(12)19-16(21)25-17/h1-8H,9H2. The molecule has 124 valence electrons. The minimum atomic E-state index is -0.201. The number of thioether (sulfide) groups is 1. The summed E-state index contributed by atoms with van der Waals surface area (Å²) in [5.41, 5.74) is 1.04. The van der Waals surface area contributed by atoms with Crippen molar-refractivity contribution in [2.24, 2.45) is 0 Å². The summed E-state index contributed by atoms with van der Waals surface area (Å²) in [6.45, 7) is 0. The van der Waals surface area contributed by atoms with Gasteiger partial charge in [-0.3, -0.25) is 9.59 Å². The zero-order valence-corrected chi connectivity index (χ0v) is 15.1. The van der Waals surface area contributed by atoms with E-state index in [9.17, 15) is 9.59 Å². The number of rotatable bonds is 4. The third kappa shape index (κ3) is 3.18. The van der Waals surface area contributed by atoms with Crippen molar-refractivity contribution in [2.45, 2.75) is 4.34 Å². The molecular formula is C17H10ClN3O2S2. The lowest BCUT2D eigenvalue weighted by Gasteiger charge is -1.99. The van der Waals surface area contributed by atoms with Gasteiger partial charge < -0.3 is 0 Å². The maximum Gasteiger partial charge on any atom is 0.283 e. The minimum Gasteiger partial charge on any atom is -0.293 e. The van der Waals surface area contributed by atoms with E-state index in [0.717, 1.165) is 0 Å². The molecule has 2 aromatic carbocycles. The third-order valence-corrected chi connectivity index (χ3v) is 5.87. The van der Waals surface area contributed by atoms with E-state index >= 15 is 0 Å². The molecule has 0 N–H and O–H groups in total. The van der Waals surface area contributed by atoms with Crippen molar-refractivity contribution in [3.8, 4) is 0 Å². The average molecular weight is 388 g/mol. The fourth-order valence-corrected chi connectivity index (χ4v) is 4.30. The van der Waals surface area contributed by atoms with Crippen LogP contribution in [0.2, 0.25) is 5.02 Å². The lowest BCUT2D eigenvalue weighted by Crippen LogP contribution is -2.15. The number of ketones is 1. The molecule has 0 spiro atoms. The van der Waals surface area contributed by atoms with Gasteiger partial charge in [-0.1, -0.05) is 46.8 Å². The highest BCUT2D eigenvalue weighted by Crippen LogP contribution is 2.25. The van der Waals surface area contributed by atoms with Gasteiger partial charge in [-0.05, 0) is 36.4 Å². The van der Waals surface area contributed by atoms with Gasteiger partial charge in [0.2, 0.25) is 4.96 Å². The Morgan fingerprint density at radius 2 is 1.92 bits per heavy atom. The van der Waals surface area contributed by atoms with E-state index in [4.69, 9.17) is 11.6 Å². The number of para-hydroxylation sites is 1. The first-order valence-corrected chi connectivity index (χ1v) is 9.50. The van der Waals surface area contributed by atoms with Gasteiger partial charge in [0.25, 0.3) is 5.56 Å². The van der Waals surface area contributed by atoms with E-state index in [0.29, 0.717) is 30.8 Å². The number of hydrogen-bond acceptors (Lipinski definition) is 6. The summed E-state index contributed by atoms with van der Waals surface area (Å²) < 4.78 is 1.92. The molecule has 0 aliphatic rings. The molecule has 0 saturated carbocycles. The van der Waals surface area contributed by atoms with Crippen molar-refractivity contribution < 1.29 is 4.79 Å². The zero-order chi connectivity index (χ0) is 17.4. The normalized spacial score (nSPS) is 11.2. The van der Waals surface area contributed by atoms with Gasteiger partial charge in [0.15, 0.2) is 10.1 Å². The Kier molecular flexibility index (Phi) is 4.29. The second-order valence-corrected chi connectivity index (χ2v) is 7.83. The predicted octanol–water partition coefficient (Wildman–Crippen LogP) is 3.93. The average Bonchev–Trinajstić information content (AvgIpc) is 3.04. The molecule has 25 heavy (non-hydrogen) atoms. The summed E-state index contributed by atoms with van der Waals surface area (Å²) >= 11 is 8.42. The van der Waals surface area contributed by atoms with Crippen molar-refractivity contribution in [3.63, 3.8) is 0 Å². The van der Waals surface area contributed by atoms with Crippen LogP contribution in [0.5, 0.6) is 0 Å². The Balaban J connectivity index is 1.61. The van der Waals surface area contributed by atoms with Gasteiger partial charge in [0, 0.05) is 10.6 Å². The molecule has 2 heterocycles. The van der Waals surface area contributed by atoms with Gasteiger partial charge >= 0.3 is 0 Å². The topological polar surface area (TPSA) is 64.3 Å². The van der Waals surface area contributed by atoms with Crippen molar-refractivity contribution in [1.29, 1.82) is 0 Å². The number of carbonyl (C=O) groups excluding carboxylic acids is 1. The Bertz CT molecular complexity index is 1150. The Hall–Kier alpha value is -2.22. The fraction of sp³-hybridized carbons (Fsp3) is 0.0588. The van der Waals surface area contributed by atoms with Gasteiger partial charge in [-0.2, -0.15) is 4.52 Å². The maximum absolute atomic E-state index is 12.5. The molecule has 8 heteroatoms. The second-order valence-electron chi connectivity index (χ2n) is 5.22. The summed E-state index contributed by atoms with van der Waals surface area (Å²) in [6, 6.07) is 13.9. The highest BCUT2D eigenvalue weighted by atomic mass is 35.5. The van der Waals surface area contributed by atoms with E-state index in [1.165, 1.54) is 27.6 Å². The number of nitrogens with zero attached hydrogens (tertiary/aromatic N) is 3. The molecule has 0 saturated heterocycles. The Morgan fingerprint density at radius 3 is 2.72 bits per heavy atom. The summed E-state index contributed by atoms with van der Waals surface area (Å²) in [7, 11) is 0. The van der Waals surface area contributed by atoms with Crippen LogP contribution in [-0.2, 0) is 0 Å². The first-order valence-electron chi connectivity index (χ1n) is 7.32. The number of fused-ring (bicyclic) bond motifs is 2. The Labute approximate surface area is 155 Å². The number of aromatic nitrogens is 3. The van der Waals surface area contributed by atoms with E-state index in [-0.39, 0.29) is 17.1 Å². The smallest absolute Gasteiger partial charge is 0.283 e. The van der Waals surface area contributed by atoms with Gasteiger partial charge in [-0.15, -0.1) is 5.10 Å². The van der Waals surface area contributed by atoms with Crippen molar-refractivity contribution in [2.75, 3.05) is 5.75 Å². The molecule has 0 atom stereocenters. The lowest BCUT2D eigenvalue weighted by molar-refractivity contribution is 0.102. The van der Waals surface area contributed by atoms with Crippen LogP contribution < -0.4 is 5.56 Å². The van der Waals surface area contributed by atoms with Crippen molar-refractivity contribution in [1.82, 2.24) is 14.6 Å². The van der Waals surface area contributed by atoms with Gasteiger partial charge in [0.1, 0.15) is 0 Å². The van der Waals surface area contributed by atoms with E-state index in [1.54, 1.807) is 42.5 Å². The molecule has 0 aliphatic carbocycles. The number of halogens is 1. The summed E-state index contributed by atoms with van der Waals surface area (Å²) in [5.74, 6) is 0.210. The van der Waals surface area contributed by atoms with Crippen LogP contribution in [-0.4, -0.2) is 26.1 Å².